The zero-order valence-electron chi connectivity index (χ0n) is 16.2. The van der Waals surface area contributed by atoms with Crippen molar-refractivity contribution in [1.82, 2.24) is 5.43 Å². The molecule has 7 heteroatoms. The summed E-state index contributed by atoms with van der Waals surface area (Å²) >= 11 is 0. The molecule has 1 saturated carbocycles. The van der Waals surface area contributed by atoms with Gasteiger partial charge in [0, 0.05) is 11.3 Å². The van der Waals surface area contributed by atoms with Crippen molar-refractivity contribution in [2.75, 3.05) is 4.72 Å². The second-order valence-corrected chi connectivity index (χ2v) is 8.81. The monoisotopic (exact) mass is 399 g/mol. The quantitative estimate of drug-likeness (QED) is 0.740. The van der Waals surface area contributed by atoms with Crippen LogP contribution in [-0.2, 0) is 10.0 Å². The second-order valence-electron chi connectivity index (χ2n) is 7.13. The maximum absolute atomic E-state index is 12.7. The lowest BCUT2D eigenvalue weighted by Crippen LogP contribution is -2.21. The minimum atomic E-state index is -3.81. The van der Waals surface area contributed by atoms with E-state index in [0.29, 0.717) is 5.69 Å². The van der Waals surface area contributed by atoms with E-state index in [2.05, 4.69) is 15.2 Å². The number of nitrogens with one attached hydrogen (secondary N) is 2. The molecular formula is C21H25N3O3S. The number of anilines is 1. The molecule has 1 amide bonds. The van der Waals surface area contributed by atoms with Crippen LogP contribution in [0.1, 0.15) is 53.6 Å². The molecule has 28 heavy (non-hydrogen) atoms. The SMILES string of the molecule is Cc1ccc(NS(=O)(=O)c2cccc(C(=O)NN=C3CCCCC3)c2)c(C)c1. The highest BCUT2D eigenvalue weighted by Crippen LogP contribution is 2.21. The van der Waals surface area contributed by atoms with Crippen LogP contribution < -0.4 is 10.1 Å². The van der Waals surface area contributed by atoms with E-state index in [1.165, 1.54) is 18.6 Å². The first kappa shape index (κ1) is 20.1. The molecule has 148 valence electrons. The molecule has 0 aliphatic heterocycles. The van der Waals surface area contributed by atoms with E-state index >= 15 is 0 Å². The smallest absolute Gasteiger partial charge is 0.271 e. The molecule has 0 spiro atoms. The van der Waals surface area contributed by atoms with Gasteiger partial charge in [-0.25, -0.2) is 13.8 Å². The predicted octanol–water partition coefficient (Wildman–Crippen LogP) is 4.15. The van der Waals surface area contributed by atoms with E-state index in [4.69, 9.17) is 0 Å². The average molecular weight is 400 g/mol. The van der Waals surface area contributed by atoms with Crippen LogP contribution in [0.25, 0.3) is 0 Å². The normalized spacial score (nSPS) is 14.4. The number of sulfonamides is 1. The van der Waals surface area contributed by atoms with E-state index in [-0.39, 0.29) is 10.5 Å². The fraction of sp³-hybridized carbons (Fsp3) is 0.333. The number of amides is 1. The van der Waals surface area contributed by atoms with Gasteiger partial charge < -0.3 is 0 Å². The summed E-state index contributed by atoms with van der Waals surface area (Å²) in [6.07, 6.45) is 5.17. The summed E-state index contributed by atoms with van der Waals surface area (Å²) < 4.78 is 28.1. The summed E-state index contributed by atoms with van der Waals surface area (Å²) in [4.78, 5) is 12.4. The Balaban J connectivity index is 1.76. The molecule has 0 unspecified atom stereocenters. The number of carbonyl (C=O) groups is 1. The molecule has 0 saturated heterocycles. The van der Waals surface area contributed by atoms with Crippen LogP contribution in [0, 0.1) is 13.8 Å². The van der Waals surface area contributed by atoms with Gasteiger partial charge in [-0.2, -0.15) is 5.10 Å². The third kappa shape index (κ3) is 4.98. The number of aryl methyl sites for hydroxylation is 2. The number of hydrogen-bond acceptors (Lipinski definition) is 4. The van der Waals surface area contributed by atoms with Gasteiger partial charge in [-0.1, -0.05) is 30.2 Å². The number of hydrogen-bond donors (Lipinski definition) is 2. The first-order valence-electron chi connectivity index (χ1n) is 9.41. The largest absolute Gasteiger partial charge is 0.279 e. The lowest BCUT2D eigenvalue weighted by molar-refractivity contribution is 0.0954. The Morgan fingerprint density at radius 1 is 1.00 bits per heavy atom. The number of hydrazone groups is 1. The minimum Gasteiger partial charge on any atom is -0.279 e. The van der Waals surface area contributed by atoms with Crippen LogP contribution in [-0.4, -0.2) is 20.0 Å². The molecule has 0 radical (unpaired) electrons. The fourth-order valence-corrected chi connectivity index (χ4v) is 4.38. The average Bonchev–Trinajstić information content (AvgIpc) is 2.69. The maximum atomic E-state index is 12.7. The number of nitrogens with zero attached hydrogens (tertiary/aromatic N) is 1. The summed E-state index contributed by atoms with van der Waals surface area (Å²) in [6, 6.07) is 11.5. The lowest BCUT2D eigenvalue weighted by Gasteiger charge is -2.13. The van der Waals surface area contributed by atoms with Crippen LogP contribution >= 0.6 is 0 Å². The van der Waals surface area contributed by atoms with Crippen molar-refractivity contribution in [3.05, 3.63) is 59.2 Å². The standard InChI is InChI=1S/C21H25N3O3S/c1-15-11-12-20(16(2)13-15)24-28(26,27)19-10-6-7-17(14-19)21(25)23-22-18-8-4-3-5-9-18/h6-7,10-14,24H,3-5,8-9H2,1-2H3,(H,23,25). The van der Waals surface area contributed by atoms with E-state index in [0.717, 1.165) is 42.5 Å². The van der Waals surface area contributed by atoms with Gasteiger partial charge in [-0.3, -0.25) is 9.52 Å². The molecule has 1 aliphatic rings. The molecule has 2 aromatic carbocycles. The van der Waals surface area contributed by atoms with Crippen LogP contribution in [0.4, 0.5) is 5.69 Å². The summed E-state index contributed by atoms with van der Waals surface area (Å²) in [6.45, 7) is 3.79. The van der Waals surface area contributed by atoms with Gasteiger partial charge in [-0.15, -0.1) is 0 Å². The Labute approximate surface area is 166 Å². The van der Waals surface area contributed by atoms with E-state index in [9.17, 15) is 13.2 Å². The lowest BCUT2D eigenvalue weighted by atomic mass is 9.99. The predicted molar refractivity (Wildman–Crippen MR) is 111 cm³/mol. The van der Waals surface area contributed by atoms with Crippen molar-refractivity contribution in [3.8, 4) is 0 Å². The van der Waals surface area contributed by atoms with Crippen molar-refractivity contribution in [2.45, 2.75) is 50.8 Å². The Morgan fingerprint density at radius 2 is 1.75 bits per heavy atom. The Morgan fingerprint density at radius 3 is 2.46 bits per heavy atom. The van der Waals surface area contributed by atoms with Crippen LogP contribution in [0.15, 0.2) is 52.5 Å². The molecule has 0 aromatic heterocycles. The highest BCUT2D eigenvalue weighted by atomic mass is 32.2. The molecule has 3 rings (SSSR count). The van der Waals surface area contributed by atoms with Gasteiger partial charge >= 0.3 is 0 Å². The van der Waals surface area contributed by atoms with Crippen LogP contribution in [0.2, 0.25) is 0 Å². The summed E-state index contributed by atoms with van der Waals surface area (Å²) in [7, 11) is -3.81. The van der Waals surface area contributed by atoms with Crippen molar-refractivity contribution in [1.29, 1.82) is 0 Å². The second kappa shape index (κ2) is 8.56. The third-order valence-electron chi connectivity index (χ3n) is 4.78. The molecule has 2 aromatic rings. The first-order valence-corrected chi connectivity index (χ1v) is 10.9. The fourth-order valence-electron chi connectivity index (χ4n) is 3.20. The van der Waals surface area contributed by atoms with Crippen LogP contribution in [0.5, 0.6) is 0 Å². The zero-order valence-corrected chi connectivity index (χ0v) is 17.0. The topological polar surface area (TPSA) is 87.6 Å². The number of rotatable bonds is 5. The number of benzene rings is 2. The molecular weight excluding hydrogens is 374 g/mol. The van der Waals surface area contributed by atoms with Gasteiger partial charge in [0.1, 0.15) is 0 Å². The van der Waals surface area contributed by atoms with Gasteiger partial charge in [0.2, 0.25) is 0 Å². The molecule has 0 atom stereocenters. The summed E-state index contributed by atoms with van der Waals surface area (Å²) in [5.41, 5.74) is 6.19. The van der Waals surface area contributed by atoms with Gasteiger partial charge in [-0.05, 0) is 69.4 Å². The number of carbonyl (C=O) groups excluding carboxylic acids is 1. The molecule has 1 aliphatic carbocycles. The Hall–Kier alpha value is -2.67. The van der Waals surface area contributed by atoms with Crippen molar-refractivity contribution in [2.24, 2.45) is 5.10 Å². The minimum absolute atomic E-state index is 0.0328. The van der Waals surface area contributed by atoms with Crippen molar-refractivity contribution >= 4 is 27.3 Å². The van der Waals surface area contributed by atoms with Gasteiger partial charge in [0.25, 0.3) is 15.9 Å². The van der Waals surface area contributed by atoms with E-state index in [1.54, 1.807) is 18.2 Å². The van der Waals surface area contributed by atoms with E-state index in [1.807, 2.05) is 26.0 Å². The molecule has 6 nitrogen and oxygen atoms in total. The first-order chi connectivity index (χ1) is 13.3. The highest BCUT2D eigenvalue weighted by Gasteiger charge is 2.17. The van der Waals surface area contributed by atoms with Gasteiger partial charge in [0.05, 0.1) is 10.6 Å². The van der Waals surface area contributed by atoms with Crippen molar-refractivity contribution < 1.29 is 13.2 Å². The summed E-state index contributed by atoms with van der Waals surface area (Å²) in [5, 5.41) is 4.19. The molecule has 2 N–H and O–H groups in total. The summed E-state index contributed by atoms with van der Waals surface area (Å²) in [5.74, 6) is -0.415. The molecule has 1 fully saturated rings. The van der Waals surface area contributed by atoms with E-state index < -0.39 is 15.9 Å². The van der Waals surface area contributed by atoms with Crippen LogP contribution in [0.3, 0.4) is 0 Å². The highest BCUT2D eigenvalue weighted by molar-refractivity contribution is 7.92. The van der Waals surface area contributed by atoms with Gasteiger partial charge in [0.15, 0.2) is 0 Å². The third-order valence-corrected chi connectivity index (χ3v) is 6.14. The zero-order chi connectivity index (χ0) is 20.1. The molecule has 0 heterocycles. The Bertz CT molecular complexity index is 1010. The maximum Gasteiger partial charge on any atom is 0.271 e. The molecule has 0 bridgehead atoms. The van der Waals surface area contributed by atoms with Crippen molar-refractivity contribution in [3.63, 3.8) is 0 Å². The Kier molecular flexibility index (Phi) is 6.14.